The fourth-order valence-corrected chi connectivity index (χ4v) is 4.18. The molecule has 1 aromatic carbocycles. The molecule has 1 saturated heterocycles. The summed E-state index contributed by atoms with van der Waals surface area (Å²) in [5.74, 6) is -2.19. The second kappa shape index (κ2) is 8.99. The number of para-hydroxylation sites is 1. The molecule has 0 radical (unpaired) electrons. The lowest BCUT2D eigenvalue weighted by atomic mass is 9.82. The van der Waals surface area contributed by atoms with E-state index in [1.165, 1.54) is 0 Å². The Bertz CT molecular complexity index is 1050. The molecule has 1 aliphatic carbocycles. The van der Waals surface area contributed by atoms with Crippen LogP contribution >= 0.6 is 0 Å². The predicted octanol–water partition coefficient (Wildman–Crippen LogP) is 2.41. The molecule has 1 saturated carbocycles. The summed E-state index contributed by atoms with van der Waals surface area (Å²) in [6, 6.07) is 6.42. The average molecular weight is 443 g/mol. The van der Waals surface area contributed by atoms with Gasteiger partial charge in [0.2, 0.25) is 5.76 Å². The molecule has 1 aromatic heterocycles. The highest BCUT2D eigenvalue weighted by Gasteiger charge is 2.52. The molecule has 32 heavy (non-hydrogen) atoms. The van der Waals surface area contributed by atoms with Crippen LogP contribution in [0.4, 0.5) is 4.79 Å². The van der Waals surface area contributed by atoms with Crippen LogP contribution in [-0.4, -0.2) is 47.6 Å². The summed E-state index contributed by atoms with van der Waals surface area (Å²) in [7, 11) is 0. The second-order valence-corrected chi connectivity index (χ2v) is 7.87. The molecular weight excluding hydrogens is 418 g/mol. The van der Waals surface area contributed by atoms with Gasteiger partial charge < -0.3 is 19.2 Å². The zero-order valence-corrected chi connectivity index (χ0v) is 17.8. The number of urea groups is 1. The van der Waals surface area contributed by atoms with Gasteiger partial charge in [0.05, 0.1) is 6.61 Å². The molecule has 0 unspecified atom stereocenters. The first-order valence-corrected chi connectivity index (χ1v) is 10.7. The molecule has 2 heterocycles. The number of carbonyl (C=O) groups is 4. The van der Waals surface area contributed by atoms with Crippen LogP contribution in [0.1, 0.15) is 55.1 Å². The van der Waals surface area contributed by atoms with E-state index in [1.807, 2.05) is 13.0 Å². The predicted molar refractivity (Wildman–Crippen MR) is 111 cm³/mol. The van der Waals surface area contributed by atoms with Crippen LogP contribution in [0, 0.1) is 0 Å². The van der Waals surface area contributed by atoms with E-state index in [4.69, 9.17) is 13.9 Å². The number of fused-ring (bicyclic) bond motifs is 1. The minimum atomic E-state index is -0.957. The highest BCUT2D eigenvalue weighted by atomic mass is 16.5. The van der Waals surface area contributed by atoms with Crippen LogP contribution in [0.3, 0.4) is 0 Å². The smallest absolute Gasteiger partial charge is 0.375 e. The van der Waals surface area contributed by atoms with Gasteiger partial charge in [-0.25, -0.2) is 9.59 Å². The van der Waals surface area contributed by atoms with Crippen molar-refractivity contribution in [3.05, 3.63) is 35.6 Å². The molecule has 1 spiro atoms. The van der Waals surface area contributed by atoms with Gasteiger partial charge in [0.25, 0.3) is 11.8 Å². The number of benzene rings is 1. The number of carbonyl (C=O) groups excluding carboxylic acids is 4. The summed E-state index contributed by atoms with van der Waals surface area (Å²) < 4.78 is 16.1. The number of ether oxygens (including phenoxy) is 2. The van der Waals surface area contributed by atoms with Gasteiger partial charge in [-0.3, -0.25) is 15.0 Å². The summed E-state index contributed by atoms with van der Waals surface area (Å²) in [6.07, 6.45) is 3.72. The third-order valence-corrected chi connectivity index (χ3v) is 5.77. The number of nitrogens with zero attached hydrogens (tertiary/aromatic N) is 1. The summed E-state index contributed by atoms with van der Waals surface area (Å²) in [4.78, 5) is 49.9. The van der Waals surface area contributed by atoms with Crippen molar-refractivity contribution in [3.63, 3.8) is 0 Å². The van der Waals surface area contributed by atoms with Crippen molar-refractivity contribution in [1.29, 1.82) is 0 Å². The van der Waals surface area contributed by atoms with E-state index in [0.29, 0.717) is 35.6 Å². The van der Waals surface area contributed by atoms with Gasteiger partial charge >= 0.3 is 12.0 Å². The molecule has 1 aliphatic heterocycles. The molecule has 0 bridgehead atoms. The van der Waals surface area contributed by atoms with E-state index in [2.05, 4.69) is 10.7 Å². The Morgan fingerprint density at radius 3 is 2.69 bits per heavy atom. The van der Waals surface area contributed by atoms with Crippen LogP contribution in [0.2, 0.25) is 0 Å². The van der Waals surface area contributed by atoms with Crippen molar-refractivity contribution in [1.82, 2.24) is 15.8 Å². The number of nitrogens with one attached hydrogen (secondary N) is 2. The van der Waals surface area contributed by atoms with Gasteiger partial charge in [-0.05, 0) is 25.8 Å². The van der Waals surface area contributed by atoms with Gasteiger partial charge in [-0.15, -0.1) is 0 Å². The van der Waals surface area contributed by atoms with Crippen LogP contribution in [0.15, 0.2) is 28.7 Å². The van der Waals surface area contributed by atoms with E-state index < -0.39 is 36.0 Å². The number of imide groups is 1. The second-order valence-electron chi connectivity index (χ2n) is 7.87. The Balaban J connectivity index is 1.40. The number of amides is 4. The van der Waals surface area contributed by atoms with E-state index in [9.17, 15) is 19.2 Å². The maximum atomic E-state index is 12.7. The highest BCUT2D eigenvalue weighted by molar-refractivity contribution is 6.08. The molecule has 4 rings (SSSR count). The summed E-state index contributed by atoms with van der Waals surface area (Å²) in [5.41, 5.74) is 2.30. The van der Waals surface area contributed by atoms with Gasteiger partial charge in [-0.2, -0.15) is 5.01 Å². The van der Waals surface area contributed by atoms with Crippen molar-refractivity contribution < 1.29 is 33.1 Å². The first-order valence-electron chi connectivity index (χ1n) is 10.7. The maximum absolute atomic E-state index is 12.7. The molecular formula is C22H25N3O7. The molecule has 4 amide bonds. The maximum Gasteiger partial charge on any atom is 0.375 e. The zero-order chi connectivity index (χ0) is 22.7. The monoisotopic (exact) mass is 443 g/mol. The summed E-state index contributed by atoms with van der Waals surface area (Å²) in [5, 5.41) is 4.08. The first-order chi connectivity index (χ1) is 15.4. The number of esters is 1. The Labute approximate surface area is 184 Å². The minimum absolute atomic E-state index is 0.0522. The molecule has 170 valence electrons. The summed E-state index contributed by atoms with van der Waals surface area (Å²) >= 11 is 0. The number of rotatable bonds is 7. The molecule has 2 aliphatic rings. The molecule has 2 N–H and O–H groups in total. The third-order valence-electron chi connectivity index (χ3n) is 5.77. The largest absolute Gasteiger partial charge is 0.450 e. The zero-order valence-electron chi connectivity index (χ0n) is 17.8. The number of hydrogen-bond donors (Lipinski definition) is 2. The van der Waals surface area contributed by atoms with Crippen molar-refractivity contribution in [3.8, 4) is 0 Å². The fourth-order valence-electron chi connectivity index (χ4n) is 4.18. The molecule has 2 fully saturated rings. The standard InChI is InChI=1S/C22H25N3O7/c1-2-30-12-15-14-8-4-5-9-16(14)32-18(15)19(27)31-13-17(26)24-25-20(28)22(23-21(25)29)10-6-3-7-11-22/h4-5,8-9H,2-3,6-7,10-13H2,1H3,(H,23,29)(H,24,26). The van der Waals surface area contributed by atoms with Crippen LogP contribution in [0.5, 0.6) is 0 Å². The van der Waals surface area contributed by atoms with Gasteiger partial charge in [0.1, 0.15) is 11.1 Å². The number of hydrogen-bond acceptors (Lipinski definition) is 7. The fraction of sp³-hybridized carbons (Fsp3) is 0.455. The first kappa shape index (κ1) is 21.8. The number of hydrazine groups is 1. The average Bonchev–Trinajstić information content (AvgIpc) is 3.27. The molecule has 2 aromatic rings. The van der Waals surface area contributed by atoms with Crippen molar-refractivity contribution >= 4 is 34.8 Å². The summed E-state index contributed by atoms with van der Waals surface area (Å²) in [6.45, 7) is 1.74. The third kappa shape index (κ3) is 4.05. The van der Waals surface area contributed by atoms with E-state index in [-0.39, 0.29) is 12.4 Å². The quantitative estimate of drug-likeness (QED) is 0.497. The SMILES string of the molecule is CCOCc1c(C(=O)OCC(=O)NN2C(=O)NC3(CCCCC3)C2=O)oc2ccccc12. The highest BCUT2D eigenvalue weighted by Crippen LogP contribution is 2.33. The lowest BCUT2D eigenvalue weighted by molar-refractivity contribution is -0.140. The molecule has 0 atom stereocenters. The van der Waals surface area contributed by atoms with E-state index >= 15 is 0 Å². The van der Waals surface area contributed by atoms with Crippen LogP contribution < -0.4 is 10.7 Å². The number of furan rings is 1. The van der Waals surface area contributed by atoms with Gasteiger partial charge in [0, 0.05) is 17.6 Å². The van der Waals surface area contributed by atoms with Crippen molar-refractivity contribution in [2.75, 3.05) is 13.2 Å². The Hall–Kier alpha value is -3.40. The van der Waals surface area contributed by atoms with E-state index in [1.54, 1.807) is 18.2 Å². The van der Waals surface area contributed by atoms with Gasteiger partial charge in [0.15, 0.2) is 6.61 Å². The van der Waals surface area contributed by atoms with Crippen molar-refractivity contribution in [2.45, 2.75) is 51.2 Å². The van der Waals surface area contributed by atoms with Crippen LogP contribution in [-0.2, 0) is 25.7 Å². The van der Waals surface area contributed by atoms with Gasteiger partial charge in [-0.1, -0.05) is 37.5 Å². The minimum Gasteiger partial charge on any atom is -0.450 e. The van der Waals surface area contributed by atoms with E-state index in [0.717, 1.165) is 24.6 Å². The molecule has 10 heteroatoms. The lowest BCUT2D eigenvalue weighted by Gasteiger charge is -2.30. The normalized spacial score (nSPS) is 17.6. The Morgan fingerprint density at radius 1 is 1.19 bits per heavy atom. The molecule has 10 nitrogen and oxygen atoms in total. The lowest BCUT2D eigenvalue weighted by Crippen LogP contribution is -2.51. The van der Waals surface area contributed by atoms with Crippen LogP contribution in [0.25, 0.3) is 11.0 Å². The Morgan fingerprint density at radius 2 is 1.94 bits per heavy atom. The topological polar surface area (TPSA) is 127 Å². The van der Waals surface area contributed by atoms with Crippen molar-refractivity contribution in [2.24, 2.45) is 0 Å². The Kier molecular flexibility index (Phi) is 6.13.